The molecular weight excluding hydrogens is 439 g/mol. The van der Waals surface area contributed by atoms with Crippen molar-refractivity contribution in [2.45, 2.75) is 31.6 Å². The van der Waals surface area contributed by atoms with Crippen molar-refractivity contribution in [2.75, 3.05) is 40.5 Å². The Morgan fingerprint density at radius 3 is 2.56 bits per heavy atom. The van der Waals surface area contributed by atoms with E-state index in [0.29, 0.717) is 39.1 Å². The molecule has 9 heteroatoms. The summed E-state index contributed by atoms with van der Waals surface area (Å²) in [4.78, 5) is 29.4. The molecule has 1 heterocycles. The van der Waals surface area contributed by atoms with Gasteiger partial charge in [-0.25, -0.2) is 4.39 Å². The molecule has 0 saturated carbocycles. The van der Waals surface area contributed by atoms with Gasteiger partial charge in [0.25, 0.3) is 0 Å². The number of likely N-dealkylation sites (tertiary alicyclic amines) is 1. The summed E-state index contributed by atoms with van der Waals surface area (Å²) >= 11 is 0. The maximum Gasteiger partial charge on any atom is 0.249 e. The second-order valence-corrected chi connectivity index (χ2v) is 8.35. The van der Waals surface area contributed by atoms with E-state index >= 15 is 0 Å². The molecule has 1 saturated heterocycles. The smallest absolute Gasteiger partial charge is 0.249 e. The predicted octanol–water partition coefficient (Wildman–Crippen LogP) is 1.53. The lowest BCUT2D eigenvalue weighted by molar-refractivity contribution is -0.141. The second kappa shape index (κ2) is 12.5. The normalized spacial score (nSPS) is 17.7. The van der Waals surface area contributed by atoms with Crippen molar-refractivity contribution < 1.29 is 23.5 Å². The van der Waals surface area contributed by atoms with Gasteiger partial charge in [-0.15, -0.1) is 0 Å². The Hall–Kier alpha value is -3.01. The number of nitrogens with zero attached hydrogens (tertiary/aromatic N) is 2. The minimum Gasteiger partial charge on any atom is -0.497 e. The monoisotopic (exact) mass is 472 g/mol. The molecule has 1 aliphatic heterocycles. The molecule has 1 fully saturated rings. The van der Waals surface area contributed by atoms with Crippen LogP contribution in [0.3, 0.4) is 0 Å². The van der Waals surface area contributed by atoms with Crippen LogP contribution in [0.4, 0.5) is 4.39 Å². The van der Waals surface area contributed by atoms with E-state index in [4.69, 9.17) is 15.2 Å². The molecule has 3 N–H and O–H groups in total. The molecule has 34 heavy (non-hydrogen) atoms. The van der Waals surface area contributed by atoms with Gasteiger partial charge in [-0.3, -0.25) is 14.5 Å². The molecular formula is C25H33FN4O4. The lowest BCUT2D eigenvalue weighted by Crippen LogP contribution is -2.48. The maximum atomic E-state index is 13.5. The quantitative estimate of drug-likeness (QED) is 0.515. The first kappa shape index (κ1) is 25.6. The summed E-state index contributed by atoms with van der Waals surface area (Å²) < 4.78 is 23.9. The van der Waals surface area contributed by atoms with Gasteiger partial charge < -0.3 is 25.4 Å². The number of halogens is 1. The van der Waals surface area contributed by atoms with Crippen molar-refractivity contribution in [1.29, 1.82) is 0 Å². The number of carbonyl (C=O) groups is 2. The van der Waals surface area contributed by atoms with E-state index in [-0.39, 0.29) is 30.3 Å². The number of rotatable bonds is 11. The molecule has 0 spiro atoms. The molecule has 0 aliphatic carbocycles. The van der Waals surface area contributed by atoms with Crippen molar-refractivity contribution in [3.05, 3.63) is 65.5 Å². The molecule has 2 amide bonds. The van der Waals surface area contributed by atoms with Crippen molar-refractivity contribution in [1.82, 2.24) is 15.1 Å². The maximum absolute atomic E-state index is 13.5. The lowest BCUT2D eigenvalue weighted by Gasteiger charge is -2.29. The number of carbonyl (C=O) groups excluding carboxylic acids is 2. The third-order valence-corrected chi connectivity index (χ3v) is 5.95. The van der Waals surface area contributed by atoms with Gasteiger partial charge in [-0.1, -0.05) is 24.3 Å². The van der Waals surface area contributed by atoms with Crippen LogP contribution in [0.1, 0.15) is 17.5 Å². The van der Waals surface area contributed by atoms with Crippen LogP contribution in [-0.4, -0.2) is 74.2 Å². The fourth-order valence-electron chi connectivity index (χ4n) is 4.27. The molecule has 1 aliphatic rings. The van der Waals surface area contributed by atoms with Crippen molar-refractivity contribution in [3.63, 3.8) is 0 Å². The van der Waals surface area contributed by atoms with Crippen LogP contribution < -0.4 is 15.8 Å². The van der Waals surface area contributed by atoms with Gasteiger partial charge in [0.05, 0.1) is 7.11 Å². The van der Waals surface area contributed by atoms with Crippen LogP contribution in [-0.2, 0) is 27.4 Å². The number of ether oxygens (including phenoxy) is 2. The Morgan fingerprint density at radius 1 is 1.15 bits per heavy atom. The third kappa shape index (κ3) is 6.75. The highest BCUT2D eigenvalue weighted by Gasteiger charge is 2.41. The number of nitrogens with one attached hydrogen (secondary N) is 1. The van der Waals surface area contributed by atoms with Crippen molar-refractivity contribution >= 4 is 11.8 Å². The van der Waals surface area contributed by atoms with Crippen LogP contribution in [0, 0.1) is 5.82 Å². The van der Waals surface area contributed by atoms with Gasteiger partial charge in [0.2, 0.25) is 11.8 Å². The van der Waals surface area contributed by atoms with E-state index in [1.807, 2.05) is 24.3 Å². The highest BCUT2D eigenvalue weighted by molar-refractivity contribution is 5.88. The fourth-order valence-corrected chi connectivity index (χ4v) is 4.27. The third-order valence-electron chi connectivity index (χ3n) is 5.95. The Bertz CT molecular complexity index is 956. The summed E-state index contributed by atoms with van der Waals surface area (Å²) in [5, 5.41) is 2.81. The molecule has 3 rings (SSSR count). The zero-order chi connectivity index (χ0) is 24.5. The Morgan fingerprint density at radius 2 is 1.88 bits per heavy atom. The van der Waals surface area contributed by atoms with Gasteiger partial charge in [-0.05, 0) is 41.8 Å². The van der Waals surface area contributed by atoms with Crippen molar-refractivity contribution in [3.8, 4) is 5.75 Å². The number of methoxy groups -OCH3 is 2. The number of benzene rings is 2. The second-order valence-electron chi connectivity index (χ2n) is 8.35. The average molecular weight is 473 g/mol. The first-order valence-corrected chi connectivity index (χ1v) is 11.3. The molecule has 2 aromatic rings. The SMILES string of the molecule is COCC(=O)N1CC(N(Cc2ccc(F)cc2)Cc2cccc(OC)c2)CC1C(=O)NCCN. The van der Waals surface area contributed by atoms with E-state index in [1.54, 1.807) is 24.1 Å². The van der Waals surface area contributed by atoms with Crippen molar-refractivity contribution in [2.24, 2.45) is 5.73 Å². The standard InChI is InChI=1S/C25H33FN4O4/c1-33-17-24(31)30-16-21(13-23(30)25(32)28-11-10-27)29(14-18-6-8-20(26)9-7-18)15-19-4-3-5-22(12-19)34-2/h3-9,12,21,23H,10-11,13-17,27H2,1-2H3,(H,28,32). The number of hydrogen-bond donors (Lipinski definition) is 2. The minimum absolute atomic E-state index is 0.0920. The first-order chi connectivity index (χ1) is 16.4. The zero-order valence-corrected chi connectivity index (χ0v) is 19.7. The number of amides is 2. The zero-order valence-electron chi connectivity index (χ0n) is 19.7. The molecule has 0 bridgehead atoms. The Labute approximate surface area is 199 Å². The molecule has 2 aromatic carbocycles. The summed E-state index contributed by atoms with van der Waals surface area (Å²) in [5.41, 5.74) is 7.51. The molecule has 2 atom stereocenters. The van der Waals surface area contributed by atoms with Crippen LogP contribution in [0.5, 0.6) is 5.75 Å². The summed E-state index contributed by atoms with van der Waals surface area (Å²) in [6, 6.07) is 13.5. The highest BCUT2D eigenvalue weighted by Crippen LogP contribution is 2.27. The number of nitrogens with two attached hydrogens (primary N) is 1. The van der Waals surface area contributed by atoms with Gasteiger partial charge in [0, 0.05) is 45.9 Å². The summed E-state index contributed by atoms with van der Waals surface area (Å²) in [6.07, 6.45) is 0.469. The summed E-state index contributed by atoms with van der Waals surface area (Å²) in [7, 11) is 3.08. The summed E-state index contributed by atoms with van der Waals surface area (Å²) in [6.45, 7) is 2.06. The minimum atomic E-state index is -0.611. The van der Waals surface area contributed by atoms with E-state index in [9.17, 15) is 14.0 Å². The molecule has 2 unspecified atom stereocenters. The van der Waals surface area contributed by atoms with Gasteiger partial charge in [0.15, 0.2) is 0 Å². The van der Waals surface area contributed by atoms with Crippen LogP contribution in [0.15, 0.2) is 48.5 Å². The average Bonchev–Trinajstić information content (AvgIpc) is 3.29. The Kier molecular flexibility index (Phi) is 9.38. The lowest BCUT2D eigenvalue weighted by atomic mass is 10.1. The van der Waals surface area contributed by atoms with Crippen LogP contribution in [0.25, 0.3) is 0 Å². The van der Waals surface area contributed by atoms with E-state index in [0.717, 1.165) is 16.9 Å². The first-order valence-electron chi connectivity index (χ1n) is 11.3. The van der Waals surface area contributed by atoms with E-state index in [1.165, 1.54) is 19.2 Å². The molecule has 8 nitrogen and oxygen atoms in total. The largest absolute Gasteiger partial charge is 0.497 e. The topological polar surface area (TPSA) is 97.1 Å². The molecule has 184 valence electrons. The van der Waals surface area contributed by atoms with Gasteiger partial charge in [0.1, 0.15) is 24.2 Å². The molecule has 0 aromatic heterocycles. The Balaban J connectivity index is 1.86. The fraction of sp³-hybridized carbons (Fsp3) is 0.440. The van der Waals surface area contributed by atoms with Crippen LogP contribution in [0.2, 0.25) is 0 Å². The number of hydrogen-bond acceptors (Lipinski definition) is 6. The van der Waals surface area contributed by atoms with Crippen LogP contribution >= 0.6 is 0 Å². The summed E-state index contributed by atoms with van der Waals surface area (Å²) in [5.74, 6) is 0.0000527. The van der Waals surface area contributed by atoms with Gasteiger partial charge in [-0.2, -0.15) is 0 Å². The van der Waals surface area contributed by atoms with Gasteiger partial charge >= 0.3 is 0 Å². The molecule has 0 radical (unpaired) electrons. The van der Waals surface area contributed by atoms with E-state index < -0.39 is 6.04 Å². The highest BCUT2D eigenvalue weighted by atomic mass is 19.1. The van der Waals surface area contributed by atoms with E-state index in [2.05, 4.69) is 10.2 Å². The predicted molar refractivity (Wildman–Crippen MR) is 126 cm³/mol.